The first-order chi connectivity index (χ1) is 8.90. The molecule has 1 saturated carbocycles. The Bertz CT molecular complexity index is 325. The van der Waals surface area contributed by atoms with Crippen molar-refractivity contribution in [1.82, 2.24) is 0 Å². The van der Waals surface area contributed by atoms with Gasteiger partial charge in [-0.2, -0.15) is 0 Å². The minimum atomic E-state index is 0.636. The van der Waals surface area contributed by atoms with Gasteiger partial charge in [-0.25, -0.2) is 0 Å². The average Bonchev–Trinajstić information content (AvgIpc) is 2.45. The Hall–Kier alpha value is -1.02. The van der Waals surface area contributed by atoms with Crippen molar-refractivity contribution < 1.29 is 9.47 Å². The van der Waals surface area contributed by atoms with E-state index in [-0.39, 0.29) is 0 Å². The summed E-state index contributed by atoms with van der Waals surface area (Å²) in [5.41, 5.74) is 1.48. The van der Waals surface area contributed by atoms with Gasteiger partial charge in [-0.05, 0) is 43.4 Å². The van der Waals surface area contributed by atoms with Crippen LogP contribution in [0.5, 0.6) is 5.75 Å². The van der Waals surface area contributed by atoms with Crippen LogP contribution in [0.15, 0.2) is 24.3 Å². The van der Waals surface area contributed by atoms with Gasteiger partial charge in [0.15, 0.2) is 0 Å². The molecule has 0 N–H and O–H groups in total. The smallest absolute Gasteiger partial charge is 0.119 e. The largest absolute Gasteiger partial charge is 0.491 e. The van der Waals surface area contributed by atoms with Gasteiger partial charge < -0.3 is 9.47 Å². The third kappa shape index (κ3) is 4.02. The molecule has 1 fully saturated rings. The monoisotopic (exact) mass is 248 g/mol. The lowest BCUT2D eigenvalue weighted by Crippen LogP contribution is -2.07. The Labute approximate surface area is 110 Å². The Morgan fingerprint density at radius 2 is 1.72 bits per heavy atom. The summed E-state index contributed by atoms with van der Waals surface area (Å²) < 4.78 is 10.9. The van der Waals surface area contributed by atoms with Crippen molar-refractivity contribution in [2.45, 2.75) is 44.9 Å². The van der Waals surface area contributed by atoms with Gasteiger partial charge in [-0.3, -0.25) is 0 Å². The molecule has 1 aliphatic rings. The molecule has 0 atom stereocenters. The molecule has 1 aromatic carbocycles. The average molecular weight is 248 g/mol. The summed E-state index contributed by atoms with van der Waals surface area (Å²) in [7, 11) is 0. The van der Waals surface area contributed by atoms with Gasteiger partial charge in [0.2, 0.25) is 0 Å². The Morgan fingerprint density at radius 3 is 2.39 bits per heavy atom. The van der Waals surface area contributed by atoms with Crippen molar-refractivity contribution in [3.8, 4) is 5.75 Å². The number of benzene rings is 1. The summed E-state index contributed by atoms with van der Waals surface area (Å²) in [5.74, 6) is 1.73. The predicted molar refractivity (Wildman–Crippen MR) is 74.3 cm³/mol. The molecule has 2 rings (SSSR count). The fourth-order valence-corrected chi connectivity index (χ4v) is 2.63. The molecular formula is C16H24O2. The number of rotatable bonds is 6. The fraction of sp³-hybridized carbons (Fsp3) is 0.625. The van der Waals surface area contributed by atoms with Crippen LogP contribution in [0, 0.1) is 0 Å². The zero-order valence-electron chi connectivity index (χ0n) is 11.4. The van der Waals surface area contributed by atoms with Crippen molar-refractivity contribution in [3.63, 3.8) is 0 Å². The maximum atomic E-state index is 5.63. The maximum absolute atomic E-state index is 5.63. The molecule has 2 nitrogen and oxygen atoms in total. The SMILES string of the molecule is CCOCCOc1ccc(C2CCCCC2)cc1. The lowest BCUT2D eigenvalue weighted by atomic mass is 9.84. The molecule has 0 unspecified atom stereocenters. The highest BCUT2D eigenvalue weighted by Gasteiger charge is 2.14. The van der Waals surface area contributed by atoms with Gasteiger partial charge in [-0.1, -0.05) is 31.4 Å². The van der Waals surface area contributed by atoms with Crippen LogP contribution < -0.4 is 4.74 Å². The summed E-state index contributed by atoms with van der Waals surface area (Å²) in [6.07, 6.45) is 6.89. The highest BCUT2D eigenvalue weighted by molar-refractivity contribution is 5.29. The molecule has 18 heavy (non-hydrogen) atoms. The lowest BCUT2D eigenvalue weighted by Gasteiger charge is -2.22. The standard InChI is InChI=1S/C16H24O2/c1-2-17-12-13-18-16-10-8-15(9-11-16)14-6-4-3-5-7-14/h8-11,14H,2-7,12-13H2,1H3. The highest BCUT2D eigenvalue weighted by Crippen LogP contribution is 2.33. The van der Waals surface area contributed by atoms with Gasteiger partial charge in [-0.15, -0.1) is 0 Å². The first-order valence-electron chi connectivity index (χ1n) is 7.20. The van der Waals surface area contributed by atoms with Crippen molar-refractivity contribution >= 4 is 0 Å². The molecule has 1 aliphatic carbocycles. The Balaban J connectivity index is 1.81. The van der Waals surface area contributed by atoms with E-state index in [9.17, 15) is 0 Å². The maximum Gasteiger partial charge on any atom is 0.119 e. The van der Waals surface area contributed by atoms with E-state index in [1.54, 1.807) is 0 Å². The Morgan fingerprint density at radius 1 is 1.00 bits per heavy atom. The first kappa shape index (κ1) is 13.4. The molecule has 0 aliphatic heterocycles. The van der Waals surface area contributed by atoms with Crippen LogP contribution in [-0.4, -0.2) is 19.8 Å². The minimum absolute atomic E-state index is 0.636. The molecule has 2 heteroatoms. The molecule has 0 amide bonds. The number of hydrogen-bond donors (Lipinski definition) is 0. The van der Waals surface area contributed by atoms with E-state index in [1.165, 1.54) is 37.7 Å². The predicted octanol–water partition coefficient (Wildman–Crippen LogP) is 4.15. The lowest BCUT2D eigenvalue weighted by molar-refractivity contribution is 0.110. The molecule has 0 bridgehead atoms. The van der Waals surface area contributed by atoms with Crippen LogP contribution in [0.1, 0.15) is 50.5 Å². The second kappa shape index (κ2) is 7.42. The van der Waals surface area contributed by atoms with Crippen molar-refractivity contribution in [2.24, 2.45) is 0 Å². The number of hydrogen-bond acceptors (Lipinski definition) is 2. The van der Waals surface area contributed by atoms with Crippen LogP contribution in [-0.2, 0) is 4.74 Å². The van der Waals surface area contributed by atoms with Gasteiger partial charge in [0.05, 0.1) is 6.61 Å². The van der Waals surface area contributed by atoms with Gasteiger partial charge >= 0.3 is 0 Å². The molecule has 0 aromatic heterocycles. The van der Waals surface area contributed by atoms with Crippen molar-refractivity contribution in [3.05, 3.63) is 29.8 Å². The van der Waals surface area contributed by atoms with Crippen LogP contribution in [0.4, 0.5) is 0 Å². The number of ether oxygens (including phenoxy) is 2. The highest BCUT2D eigenvalue weighted by atomic mass is 16.5. The van der Waals surface area contributed by atoms with E-state index in [0.29, 0.717) is 13.2 Å². The fourth-order valence-electron chi connectivity index (χ4n) is 2.63. The third-order valence-electron chi connectivity index (χ3n) is 3.66. The molecule has 0 radical (unpaired) electrons. The van der Waals surface area contributed by atoms with Gasteiger partial charge in [0.25, 0.3) is 0 Å². The molecule has 0 spiro atoms. The summed E-state index contributed by atoms with van der Waals surface area (Å²) in [6, 6.07) is 8.64. The van der Waals surface area contributed by atoms with Crippen LogP contribution in [0.2, 0.25) is 0 Å². The van der Waals surface area contributed by atoms with Crippen molar-refractivity contribution in [2.75, 3.05) is 19.8 Å². The van der Waals surface area contributed by atoms with Crippen LogP contribution in [0.25, 0.3) is 0 Å². The second-order valence-corrected chi connectivity index (χ2v) is 4.95. The summed E-state index contributed by atoms with van der Waals surface area (Å²) in [5, 5.41) is 0. The molecule has 100 valence electrons. The second-order valence-electron chi connectivity index (χ2n) is 4.95. The van der Waals surface area contributed by atoms with E-state index in [4.69, 9.17) is 9.47 Å². The van der Waals surface area contributed by atoms with Crippen LogP contribution >= 0.6 is 0 Å². The zero-order chi connectivity index (χ0) is 12.6. The summed E-state index contributed by atoms with van der Waals surface area (Å²) in [6.45, 7) is 4.06. The van der Waals surface area contributed by atoms with E-state index >= 15 is 0 Å². The molecule has 0 heterocycles. The molecule has 0 saturated heterocycles. The molecular weight excluding hydrogens is 224 g/mol. The minimum Gasteiger partial charge on any atom is -0.491 e. The van der Waals surface area contributed by atoms with Crippen molar-refractivity contribution in [1.29, 1.82) is 0 Å². The van der Waals surface area contributed by atoms with Crippen LogP contribution in [0.3, 0.4) is 0 Å². The Kier molecular flexibility index (Phi) is 5.53. The van der Waals surface area contributed by atoms with E-state index in [0.717, 1.165) is 18.3 Å². The normalized spacial score (nSPS) is 16.7. The van der Waals surface area contributed by atoms with E-state index < -0.39 is 0 Å². The van der Waals surface area contributed by atoms with Gasteiger partial charge in [0.1, 0.15) is 12.4 Å². The zero-order valence-corrected chi connectivity index (χ0v) is 11.4. The summed E-state index contributed by atoms with van der Waals surface area (Å²) >= 11 is 0. The third-order valence-corrected chi connectivity index (χ3v) is 3.66. The topological polar surface area (TPSA) is 18.5 Å². The van der Waals surface area contributed by atoms with E-state index in [2.05, 4.69) is 24.3 Å². The quantitative estimate of drug-likeness (QED) is 0.704. The van der Waals surface area contributed by atoms with Gasteiger partial charge in [0, 0.05) is 6.61 Å². The molecule has 1 aromatic rings. The summed E-state index contributed by atoms with van der Waals surface area (Å²) in [4.78, 5) is 0. The van der Waals surface area contributed by atoms with E-state index in [1.807, 2.05) is 6.92 Å². The first-order valence-corrected chi connectivity index (χ1v) is 7.20.